The van der Waals surface area contributed by atoms with Crippen molar-refractivity contribution in [3.63, 3.8) is 0 Å². The number of likely N-dealkylation sites (N-methyl/N-ethyl adjacent to an activating group) is 1. The molecule has 2 N–H and O–H groups in total. The van der Waals surface area contributed by atoms with Gasteiger partial charge in [0.05, 0.1) is 18.6 Å². The zero-order valence-electron chi connectivity index (χ0n) is 10.5. The van der Waals surface area contributed by atoms with Crippen molar-refractivity contribution in [1.29, 1.82) is 0 Å². The maximum Gasteiger partial charge on any atom is 0.107 e. The predicted octanol–water partition coefficient (Wildman–Crippen LogP) is -2.56. The Kier molecular flexibility index (Phi) is 4.46. The van der Waals surface area contributed by atoms with E-state index >= 15 is 0 Å². The van der Waals surface area contributed by atoms with Crippen LogP contribution in [0, 0.1) is 0 Å². The highest BCUT2D eigenvalue weighted by molar-refractivity contribution is 4.96. The van der Waals surface area contributed by atoms with Gasteiger partial charge in [0.15, 0.2) is 0 Å². The van der Waals surface area contributed by atoms with Gasteiger partial charge in [0.25, 0.3) is 0 Å². The Hall–Kier alpha value is 0.650. The number of hydrogen-bond acceptors (Lipinski definition) is 1. The summed E-state index contributed by atoms with van der Waals surface area (Å²) in [5.41, 5.74) is 0.577. The van der Waals surface area contributed by atoms with E-state index in [0.29, 0.717) is 17.6 Å². The minimum absolute atomic E-state index is 0. The Morgan fingerprint density at radius 3 is 1.93 bits per heavy atom. The van der Waals surface area contributed by atoms with Crippen molar-refractivity contribution < 1.29 is 28.9 Å². The SMILES string of the molecule is CC1[NH+](C)C(C)(C)C(C)NC1(C)C.[I-]. The van der Waals surface area contributed by atoms with Crippen LogP contribution in [0.3, 0.4) is 0 Å². The van der Waals surface area contributed by atoms with Gasteiger partial charge in [-0.1, -0.05) is 0 Å². The summed E-state index contributed by atoms with van der Waals surface area (Å²) < 4.78 is 0. The molecule has 14 heavy (non-hydrogen) atoms. The lowest BCUT2D eigenvalue weighted by Gasteiger charge is -2.53. The highest BCUT2D eigenvalue weighted by Crippen LogP contribution is 2.18. The Morgan fingerprint density at radius 1 is 1.07 bits per heavy atom. The molecule has 3 heteroatoms. The third-order valence-electron chi connectivity index (χ3n) is 4.42. The minimum Gasteiger partial charge on any atom is -1.00 e. The Morgan fingerprint density at radius 2 is 1.50 bits per heavy atom. The van der Waals surface area contributed by atoms with E-state index in [0.717, 1.165) is 0 Å². The van der Waals surface area contributed by atoms with Crippen LogP contribution in [-0.2, 0) is 0 Å². The van der Waals surface area contributed by atoms with E-state index in [-0.39, 0.29) is 29.5 Å². The molecule has 3 atom stereocenters. The normalized spacial score (nSPS) is 40.1. The number of hydrogen-bond donors (Lipinski definition) is 2. The summed E-state index contributed by atoms with van der Waals surface area (Å²) in [5.74, 6) is 0. The van der Waals surface area contributed by atoms with Crippen LogP contribution in [0.2, 0.25) is 0 Å². The smallest absolute Gasteiger partial charge is 0.107 e. The number of quaternary nitrogens is 1. The molecule has 1 saturated heterocycles. The summed E-state index contributed by atoms with van der Waals surface area (Å²) in [6.07, 6.45) is 0. The van der Waals surface area contributed by atoms with Crippen molar-refractivity contribution in [1.82, 2.24) is 5.32 Å². The van der Waals surface area contributed by atoms with Crippen LogP contribution in [0.1, 0.15) is 41.5 Å². The van der Waals surface area contributed by atoms with Crippen molar-refractivity contribution in [2.45, 2.75) is 64.7 Å². The van der Waals surface area contributed by atoms with Gasteiger partial charge in [-0.2, -0.15) is 0 Å². The number of nitrogens with one attached hydrogen (secondary N) is 2. The first-order valence-electron chi connectivity index (χ1n) is 5.31. The Labute approximate surface area is 106 Å². The molecule has 0 aliphatic carbocycles. The molecule has 0 aromatic heterocycles. The largest absolute Gasteiger partial charge is 1.00 e. The topological polar surface area (TPSA) is 16.5 Å². The first-order valence-corrected chi connectivity index (χ1v) is 5.31. The van der Waals surface area contributed by atoms with Gasteiger partial charge in [0, 0.05) is 0 Å². The maximum absolute atomic E-state index is 3.71. The third kappa shape index (κ3) is 2.25. The van der Waals surface area contributed by atoms with Gasteiger partial charge >= 0.3 is 0 Å². The number of piperazine rings is 1. The zero-order chi connectivity index (χ0) is 10.4. The maximum atomic E-state index is 3.71. The van der Waals surface area contributed by atoms with Crippen LogP contribution in [-0.4, -0.2) is 30.2 Å². The van der Waals surface area contributed by atoms with E-state index in [2.05, 4.69) is 53.9 Å². The summed E-state index contributed by atoms with van der Waals surface area (Å²) in [5, 5.41) is 3.71. The van der Waals surface area contributed by atoms with Gasteiger partial charge in [-0.25, -0.2) is 0 Å². The molecule has 0 spiro atoms. The molecule has 0 bridgehead atoms. The lowest BCUT2D eigenvalue weighted by Crippen LogP contribution is -3.25. The first kappa shape index (κ1) is 14.6. The Bertz CT molecular complexity index is 201. The molecule has 3 unspecified atom stereocenters. The first-order chi connectivity index (χ1) is 5.69. The van der Waals surface area contributed by atoms with Crippen LogP contribution >= 0.6 is 0 Å². The molecule has 1 heterocycles. The van der Waals surface area contributed by atoms with Gasteiger partial charge in [-0.05, 0) is 41.5 Å². The van der Waals surface area contributed by atoms with Crippen LogP contribution in [0.4, 0.5) is 0 Å². The lowest BCUT2D eigenvalue weighted by molar-refractivity contribution is -0.964. The highest BCUT2D eigenvalue weighted by atomic mass is 127. The van der Waals surface area contributed by atoms with Gasteiger partial charge in [0.1, 0.15) is 11.6 Å². The molecule has 0 aromatic carbocycles. The van der Waals surface area contributed by atoms with Crippen LogP contribution < -0.4 is 34.2 Å². The summed E-state index contributed by atoms with van der Waals surface area (Å²) in [7, 11) is 2.31. The van der Waals surface area contributed by atoms with Gasteiger partial charge < -0.3 is 28.9 Å². The minimum atomic E-state index is 0. The highest BCUT2D eigenvalue weighted by Gasteiger charge is 2.49. The standard InChI is InChI=1S/C11H24N2.HI/c1-8-11(5,6)13(7)9(2)10(3,4)12-8;/h8-9,12H,1-7H3;1H. The molecular weight excluding hydrogens is 287 g/mol. The molecule has 0 radical (unpaired) electrons. The van der Waals surface area contributed by atoms with Crippen molar-refractivity contribution >= 4 is 0 Å². The third-order valence-corrected chi connectivity index (χ3v) is 4.42. The second-order valence-electron chi connectivity index (χ2n) is 5.71. The summed E-state index contributed by atoms with van der Waals surface area (Å²) >= 11 is 0. The zero-order valence-corrected chi connectivity index (χ0v) is 12.7. The summed E-state index contributed by atoms with van der Waals surface area (Å²) in [4.78, 5) is 1.63. The van der Waals surface area contributed by atoms with Gasteiger partial charge in [-0.3, -0.25) is 5.32 Å². The van der Waals surface area contributed by atoms with Crippen molar-refractivity contribution in [2.24, 2.45) is 0 Å². The molecule has 2 nitrogen and oxygen atoms in total. The van der Waals surface area contributed by atoms with E-state index in [9.17, 15) is 0 Å². The van der Waals surface area contributed by atoms with Gasteiger partial charge in [0.2, 0.25) is 0 Å². The average Bonchev–Trinajstić information content (AvgIpc) is 1.98. The fraction of sp³-hybridized carbons (Fsp3) is 1.00. The van der Waals surface area contributed by atoms with Crippen LogP contribution in [0.15, 0.2) is 0 Å². The second-order valence-corrected chi connectivity index (χ2v) is 5.71. The molecule has 1 fully saturated rings. The van der Waals surface area contributed by atoms with E-state index < -0.39 is 0 Å². The van der Waals surface area contributed by atoms with E-state index in [4.69, 9.17) is 0 Å². The second kappa shape index (κ2) is 4.26. The quantitative estimate of drug-likeness (QED) is 0.471. The summed E-state index contributed by atoms with van der Waals surface area (Å²) in [6, 6.07) is 1.22. The number of rotatable bonds is 0. The summed E-state index contributed by atoms with van der Waals surface area (Å²) in [6.45, 7) is 13.9. The molecular formula is C11H25IN2. The predicted molar refractivity (Wildman–Crippen MR) is 57.1 cm³/mol. The van der Waals surface area contributed by atoms with Crippen molar-refractivity contribution in [2.75, 3.05) is 7.05 Å². The lowest BCUT2D eigenvalue weighted by atomic mass is 9.81. The molecule has 1 aliphatic heterocycles. The molecule has 86 valence electrons. The van der Waals surface area contributed by atoms with Gasteiger partial charge in [-0.15, -0.1) is 0 Å². The molecule has 1 rings (SSSR count). The van der Waals surface area contributed by atoms with Crippen molar-refractivity contribution in [3.05, 3.63) is 0 Å². The number of halogens is 1. The van der Waals surface area contributed by atoms with E-state index in [1.165, 1.54) is 0 Å². The molecule has 0 amide bonds. The Balaban J connectivity index is 0.00000169. The monoisotopic (exact) mass is 312 g/mol. The average molecular weight is 312 g/mol. The van der Waals surface area contributed by atoms with Crippen molar-refractivity contribution in [3.8, 4) is 0 Å². The molecule has 1 aliphatic rings. The fourth-order valence-corrected chi connectivity index (χ4v) is 2.30. The van der Waals surface area contributed by atoms with E-state index in [1.54, 1.807) is 4.90 Å². The molecule has 0 aromatic rings. The molecule has 0 saturated carbocycles. The van der Waals surface area contributed by atoms with Crippen LogP contribution in [0.5, 0.6) is 0 Å². The fourth-order valence-electron chi connectivity index (χ4n) is 2.30. The van der Waals surface area contributed by atoms with E-state index in [1.807, 2.05) is 0 Å². The van der Waals surface area contributed by atoms with Crippen LogP contribution in [0.25, 0.3) is 0 Å².